The van der Waals surface area contributed by atoms with Gasteiger partial charge in [0.25, 0.3) is 10.0 Å². The third kappa shape index (κ3) is 2.33. The Kier molecular flexibility index (Phi) is 3.44. The van der Waals surface area contributed by atoms with E-state index >= 15 is 0 Å². The maximum absolute atomic E-state index is 12.1. The first kappa shape index (κ1) is 12.8. The van der Waals surface area contributed by atoms with Crippen molar-refractivity contribution >= 4 is 38.9 Å². The van der Waals surface area contributed by atoms with Crippen molar-refractivity contribution in [1.82, 2.24) is 4.31 Å². The fourth-order valence-electron chi connectivity index (χ4n) is 1.73. The minimum atomic E-state index is -3.64. The van der Waals surface area contributed by atoms with Gasteiger partial charge in [-0.2, -0.15) is 4.31 Å². The molecule has 1 N–H and O–H groups in total. The molecule has 0 aliphatic carbocycles. The van der Waals surface area contributed by atoms with Crippen LogP contribution in [0.4, 0.5) is 0 Å². The minimum absolute atomic E-state index is 0.0197. The van der Waals surface area contributed by atoms with Crippen LogP contribution in [0.1, 0.15) is 6.42 Å². The molecule has 0 aromatic carbocycles. The monoisotopic (exact) mass is 295 g/mol. The topological polar surface area (TPSA) is 74.7 Å². The number of sulfonamides is 1. The Bertz CT molecular complexity index is 539. The Hall–Kier alpha value is -0.630. The average Bonchev–Trinajstić information content (AvgIpc) is 2.84. The normalized spacial score (nSPS) is 21.8. The van der Waals surface area contributed by atoms with Crippen molar-refractivity contribution in [2.75, 3.05) is 13.1 Å². The third-order valence-electron chi connectivity index (χ3n) is 2.66. The molecule has 1 saturated heterocycles. The predicted octanol–water partition coefficient (Wildman–Crippen LogP) is 1.50. The van der Waals surface area contributed by atoms with Crippen molar-refractivity contribution in [3.63, 3.8) is 0 Å². The highest BCUT2D eigenvalue weighted by Gasteiger charge is 2.37. The van der Waals surface area contributed by atoms with E-state index in [1.165, 1.54) is 10.4 Å². The van der Waals surface area contributed by atoms with E-state index in [2.05, 4.69) is 0 Å². The molecule has 0 amide bonds. The molecule has 1 aromatic heterocycles. The number of thiophene rings is 1. The molecule has 0 bridgehead atoms. The second kappa shape index (κ2) is 4.56. The second-order valence-electron chi connectivity index (χ2n) is 3.74. The fourth-order valence-corrected chi connectivity index (χ4v) is 5.04. The number of rotatable bonds is 3. The Balaban J connectivity index is 2.25. The van der Waals surface area contributed by atoms with Crippen LogP contribution in [0.15, 0.2) is 15.7 Å². The molecule has 1 unspecified atom stereocenters. The molecule has 0 saturated carbocycles. The number of carboxylic acid groups (broad SMARTS) is 1. The number of hydrogen-bond donors (Lipinski definition) is 1. The summed E-state index contributed by atoms with van der Waals surface area (Å²) in [4.78, 5) is 10.8. The van der Waals surface area contributed by atoms with Crippen LogP contribution < -0.4 is 0 Å². The molecule has 1 aromatic rings. The number of aliphatic carboxylic acids is 1. The summed E-state index contributed by atoms with van der Waals surface area (Å²) < 4.78 is 25.6. The van der Waals surface area contributed by atoms with Crippen LogP contribution in [0.5, 0.6) is 0 Å². The quantitative estimate of drug-likeness (QED) is 0.917. The molecule has 1 fully saturated rings. The number of halogens is 1. The lowest BCUT2D eigenvalue weighted by atomic mass is 10.1. The lowest BCUT2D eigenvalue weighted by molar-refractivity contribution is -0.141. The largest absolute Gasteiger partial charge is 0.481 e. The molecule has 8 heteroatoms. The van der Waals surface area contributed by atoms with Gasteiger partial charge < -0.3 is 5.11 Å². The van der Waals surface area contributed by atoms with E-state index in [0.717, 1.165) is 11.3 Å². The van der Waals surface area contributed by atoms with E-state index in [1.54, 1.807) is 5.38 Å². The molecule has 5 nitrogen and oxygen atoms in total. The van der Waals surface area contributed by atoms with Crippen molar-refractivity contribution in [3.8, 4) is 0 Å². The summed E-state index contributed by atoms with van der Waals surface area (Å²) in [5, 5.41) is 10.6. The van der Waals surface area contributed by atoms with Crippen LogP contribution >= 0.6 is 22.9 Å². The summed E-state index contributed by atoms with van der Waals surface area (Å²) in [6.07, 6.45) is 0.345. The Labute approximate surface area is 108 Å². The van der Waals surface area contributed by atoms with Crippen molar-refractivity contribution in [2.24, 2.45) is 5.92 Å². The van der Waals surface area contributed by atoms with E-state index in [1.807, 2.05) is 0 Å². The van der Waals surface area contributed by atoms with Crippen LogP contribution in [0.2, 0.25) is 5.02 Å². The first-order valence-corrected chi connectivity index (χ1v) is 7.58. The summed E-state index contributed by atoms with van der Waals surface area (Å²) in [6.45, 7) is 0.249. The Morgan fingerprint density at radius 1 is 1.59 bits per heavy atom. The third-order valence-corrected chi connectivity index (χ3v) is 6.52. The van der Waals surface area contributed by atoms with E-state index in [9.17, 15) is 13.2 Å². The van der Waals surface area contributed by atoms with Crippen LogP contribution in [-0.4, -0.2) is 36.9 Å². The molecule has 94 valence electrons. The van der Waals surface area contributed by atoms with Crippen LogP contribution in [0.3, 0.4) is 0 Å². The summed E-state index contributed by atoms with van der Waals surface area (Å²) >= 11 is 6.83. The highest BCUT2D eigenvalue weighted by molar-refractivity contribution is 7.91. The highest BCUT2D eigenvalue weighted by atomic mass is 35.5. The van der Waals surface area contributed by atoms with Crippen LogP contribution in [-0.2, 0) is 14.8 Å². The fraction of sp³-hybridized carbons (Fsp3) is 0.444. The van der Waals surface area contributed by atoms with Crippen LogP contribution in [0.25, 0.3) is 0 Å². The van der Waals surface area contributed by atoms with Gasteiger partial charge in [-0.05, 0) is 17.9 Å². The molecule has 17 heavy (non-hydrogen) atoms. The zero-order chi connectivity index (χ0) is 12.6. The number of carbonyl (C=O) groups is 1. The molecule has 0 spiro atoms. The van der Waals surface area contributed by atoms with E-state index < -0.39 is 21.9 Å². The summed E-state index contributed by atoms with van der Waals surface area (Å²) in [6, 6.07) is 1.52. The van der Waals surface area contributed by atoms with Gasteiger partial charge in [0.05, 0.1) is 10.9 Å². The molecule has 0 radical (unpaired) electrons. The van der Waals surface area contributed by atoms with E-state index in [4.69, 9.17) is 16.7 Å². The zero-order valence-corrected chi connectivity index (χ0v) is 11.1. The first-order valence-electron chi connectivity index (χ1n) is 4.89. The van der Waals surface area contributed by atoms with Crippen molar-refractivity contribution < 1.29 is 18.3 Å². The van der Waals surface area contributed by atoms with Gasteiger partial charge in [0.2, 0.25) is 0 Å². The zero-order valence-electron chi connectivity index (χ0n) is 8.67. The summed E-state index contributed by atoms with van der Waals surface area (Å²) in [7, 11) is -3.64. The van der Waals surface area contributed by atoms with Gasteiger partial charge in [-0.15, -0.1) is 11.3 Å². The maximum atomic E-state index is 12.1. The Morgan fingerprint density at radius 2 is 2.29 bits per heavy atom. The number of nitrogens with zero attached hydrogens (tertiary/aromatic N) is 1. The molecule has 1 aliphatic rings. The molecule has 1 aliphatic heterocycles. The average molecular weight is 296 g/mol. The van der Waals surface area contributed by atoms with Gasteiger partial charge in [0.15, 0.2) is 4.21 Å². The lowest BCUT2D eigenvalue weighted by Crippen LogP contribution is -2.29. The smallest absolute Gasteiger partial charge is 0.307 e. The molecule has 2 rings (SSSR count). The maximum Gasteiger partial charge on any atom is 0.307 e. The summed E-state index contributed by atoms with van der Waals surface area (Å²) in [5.41, 5.74) is 0. The van der Waals surface area contributed by atoms with Crippen molar-refractivity contribution in [1.29, 1.82) is 0 Å². The SMILES string of the molecule is O=C(O)C1CCN(S(=O)(=O)c2sccc2Cl)C1. The van der Waals surface area contributed by atoms with Gasteiger partial charge in [-0.1, -0.05) is 11.6 Å². The number of hydrogen-bond acceptors (Lipinski definition) is 4. The van der Waals surface area contributed by atoms with Gasteiger partial charge >= 0.3 is 5.97 Å². The van der Waals surface area contributed by atoms with Gasteiger partial charge in [-0.25, -0.2) is 8.42 Å². The lowest BCUT2D eigenvalue weighted by Gasteiger charge is -2.14. The van der Waals surface area contributed by atoms with Crippen molar-refractivity contribution in [2.45, 2.75) is 10.6 Å². The molecular weight excluding hydrogens is 286 g/mol. The standard InChI is InChI=1S/C9H10ClNO4S2/c10-7-2-4-16-9(7)17(14,15)11-3-1-6(5-11)8(12)13/h2,4,6H,1,3,5H2,(H,12,13). The van der Waals surface area contributed by atoms with Crippen LogP contribution in [0, 0.1) is 5.92 Å². The number of carboxylic acids is 1. The van der Waals surface area contributed by atoms with Gasteiger partial charge in [-0.3, -0.25) is 4.79 Å². The van der Waals surface area contributed by atoms with Gasteiger partial charge in [0, 0.05) is 13.1 Å². The first-order chi connectivity index (χ1) is 7.93. The van der Waals surface area contributed by atoms with E-state index in [-0.39, 0.29) is 22.3 Å². The highest BCUT2D eigenvalue weighted by Crippen LogP contribution is 2.32. The molecular formula is C9H10ClNO4S2. The molecule has 2 heterocycles. The second-order valence-corrected chi connectivity index (χ2v) is 7.20. The van der Waals surface area contributed by atoms with Gasteiger partial charge in [0.1, 0.15) is 0 Å². The Morgan fingerprint density at radius 3 is 2.76 bits per heavy atom. The van der Waals surface area contributed by atoms with E-state index in [0.29, 0.717) is 6.42 Å². The van der Waals surface area contributed by atoms with Crippen molar-refractivity contribution in [3.05, 3.63) is 16.5 Å². The minimum Gasteiger partial charge on any atom is -0.481 e. The predicted molar refractivity (Wildman–Crippen MR) is 63.8 cm³/mol. The summed E-state index contributed by atoms with van der Waals surface area (Å²) in [5.74, 6) is -1.58. The molecule has 1 atom stereocenters.